The van der Waals surface area contributed by atoms with Gasteiger partial charge in [0, 0.05) is 37.2 Å². The molecule has 0 saturated carbocycles. The van der Waals surface area contributed by atoms with Gasteiger partial charge in [0.15, 0.2) is 11.6 Å². The Morgan fingerprint density at radius 1 is 1.03 bits per heavy atom. The second-order valence-electron chi connectivity index (χ2n) is 9.71. The molecule has 1 aromatic heterocycles. The van der Waals surface area contributed by atoms with E-state index in [4.69, 9.17) is 4.74 Å². The van der Waals surface area contributed by atoms with Crippen LogP contribution in [-0.4, -0.2) is 34.3 Å². The van der Waals surface area contributed by atoms with Gasteiger partial charge >= 0.3 is 6.09 Å². The fraction of sp³-hybridized carbons (Fsp3) is 0.423. The minimum atomic E-state index is -0.827. The number of benzene rings is 2. The van der Waals surface area contributed by atoms with E-state index in [-0.39, 0.29) is 6.09 Å². The van der Waals surface area contributed by atoms with Gasteiger partial charge in [0.2, 0.25) is 0 Å². The summed E-state index contributed by atoms with van der Waals surface area (Å²) >= 11 is 0. The lowest BCUT2D eigenvalue weighted by Crippen LogP contribution is -2.41. The summed E-state index contributed by atoms with van der Waals surface area (Å²) in [7, 11) is 2.04. The van der Waals surface area contributed by atoms with Crippen LogP contribution in [0.3, 0.4) is 0 Å². The molecule has 1 aliphatic heterocycles. The number of nitrogens with zero attached hydrogens (tertiary/aromatic N) is 2. The summed E-state index contributed by atoms with van der Waals surface area (Å²) in [5.41, 5.74) is 3.73. The molecular formula is C26H30F2N2O2. The highest BCUT2D eigenvalue weighted by atomic mass is 19.2. The van der Waals surface area contributed by atoms with E-state index >= 15 is 0 Å². The van der Waals surface area contributed by atoms with E-state index < -0.39 is 17.2 Å². The fourth-order valence-electron chi connectivity index (χ4n) is 4.49. The van der Waals surface area contributed by atoms with Crippen LogP contribution < -0.4 is 0 Å². The minimum absolute atomic E-state index is 0.248. The molecule has 3 aromatic rings. The molecule has 4 nitrogen and oxygen atoms in total. The number of amides is 1. The number of piperidine rings is 1. The Labute approximate surface area is 187 Å². The first-order valence-electron chi connectivity index (χ1n) is 11.1. The molecule has 2 heterocycles. The highest BCUT2D eigenvalue weighted by Gasteiger charge is 2.28. The number of aromatic nitrogens is 1. The van der Waals surface area contributed by atoms with Crippen molar-refractivity contribution in [2.75, 3.05) is 13.1 Å². The summed E-state index contributed by atoms with van der Waals surface area (Å²) in [4.78, 5) is 14.2. The van der Waals surface area contributed by atoms with E-state index in [1.807, 2.05) is 33.9 Å². The van der Waals surface area contributed by atoms with E-state index in [1.54, 1.807) is 11.0 Å². The molecule has 0 bridgehead atoms. The van der Waals surface area contributed by atoms with Crippen molar-refractivity contribution >= 4 is 17.0 Å². The maximum Gasteiger partial charge on any atom is 0.410 e. The van der Waals surface area contributed by atoms with Gasteiger partial charge < -0.3 is 14.2 Å². The van der Waals surface area contributed by atoms with Crippen molar-refractivity contribution in [1.29, 1.82) is 0 Å². The van der Waals surface area contributed by atoms with Gasteiger partial charge in [0.05, 0.1) is 0 Å². The zero-order valence-corrected chi connectivity index (χ0v) is 19.1. The van der Waals surface area contributed by atoms with Crippen molar-refractivity contribution in [1.82, 2.24) is 9.47 Å². The van der Waals surface area contributed by atoms with Crippen LogP contribution in [0.1, 0.15) is 56.2 Å². The average molecular weight is 441 g/mol. The number of carbonyl (C=O) groups is 1. The summed E-state index contributed by atoms with van der Waals surface area (Å²) in [5, 5.41) is 1.18. The van der Waals surface area contributed by atoms with Crippen LogP contribution in [0, 0.1) is 11.6 Å². The van der Waals surface area contributed by atoms with Crippen molar-refractivity contribution in [3.8, 4) is 0 Å². The molecule has 1 amide bonds. The molecule has 0 N–H and O–H groups in total. The lowest BCUT2D eigenvalue weighted by Gasteiger charge is -2.33. The standard InChI is InChI=1S/C26H30F2N2O2/c1-26(2,3)32-25(31)30-11-9-19(10-12-30)21-16-29(4)24-8-6-17(14-20(21)24)13-18-5-7-22(27)23(28)15-18/h5-8,14-16,19H,9-13H2,1-4H3. The number of carbonyl (C=O) groups excluding carboxylic acids is 1. The van der Waals surface area contributed by atoms with E-state index in [0.29, 0.717) is 25.4 Å². The number of likely N-dealkylation sites (tertiary alicyclic amines) is 1. The first kappa shape index (κ1) is 22.3. The Kier molecular flexibility index (Phi) is 5.97. The summed E-state index contributed by atoms with van der Waals surface area (Å²) in [5.74, 6) is -1.29. The molecule has 0 spiro atoms. The molecule has 1 fully saturated rings. The highest BCUT2D eigenvalue weighted by Crippen LogP contribution is 2.35. The van der Waals surface area contributed by atoms with Gasteiger partial charge in [-0.15, -0.1) is 0 Å². The highest BCUT2D eigenvalue weighted by molar-refractivity contribution is 5.85. The molecule has 0 aliphatic carbocycles. The van der Waals surface area contributed by atoms with Crippen molar-refractivity contribution in [3.63, 3.8) is 0 Å². The molecule has 170 valence electrons. The smallest absolute Gasteiger partial charge is 0.410 e. The first-order valence-corrected chi connectivity index (χ1v) is 11.1. The number of hydrogen-bond acceptors (Lipinski definition) is 2. The Hall–Kier alpha value is -2.89. The predicted octanol–water partition coefficient (Wildman–Crippen LogP) is 6.16. The van der Waals surface area contributed by atoms with Crippen LogP contribution >= 0.6 is 0 Å². The lowest BCUT2D eigenvalue weighted by molar-refractivity contribution is 0.0205. The number of aryl methyl sites for hydroxylation is 1. The quantitative estimate of drug-likeness (QED) is 0.489. The van der Waals surface area contributed by atoms with Crippen LogP contribution in [0.4, 0.5) is 13.6 Å². The third-order valence-corrected chi connectivity index (χ3v) is 6.06. The normalized spacial score (nSPS) is 15.4. The molecule has 0 unspecified atom stereocenters. The third kappa shape index (κ3) is 4.79. The van der Waals surface area contributed by atoms with Crippen molar-refractivity contribution in [2.45, 2.75) is 51.6 Å². The fourth-order valence-corrected chi connectivity index (χ4v) is 4.49. The van der Waals surface area contributed by atoms with Gasteiger partial charge in [0.1, 0.15) is 5.60 Å². The predicted molar refractivity (Wildman–Crippen MR) is 122 cm³/mol. The molecule has 32 heavy (non-hydrogen) atoms. The third-order valence-electron chi connectivity index (χ3n) is 6.06. The van der Waals surface area contributed by atoms with Crippen molar-refractivity contribution in [3.05, 3.63) is 70.9 Å². The molecule has 4 rings (SSSR count). The average Bonchev–Trinajstić information content (AvgIpc) is 3.05. The Morgan fingerprint density at radius 3 is 2.34 bits per heavy atom. The molecule has 1 aliphatic rings. The lowest BCUT2D eigenvalue weighted by atomic mass is 9.88. The largest absolute Gasteiger partial charge is 0.444 e. The van der Waals surface area contributed by atoms with E-state index in [9.17, 15) is 13.6 Å². The van der Waals surface area contributed by atoms with Crippen LogP contribution in [0.2, 0.25) is 0 Å². The van der Waals surface area contributed by atoms with Crippen LogP contribution in [-0.2, 0) is 18.2 Å². The maximum atomic E-state index is 13.6. The minimum Gasteiger partial charge on any atom is -0.444 e. The first-order chi connectivity index (χ1) is 15.1. The number of hydrogen-bond donors (Lipinski definition) is 0. The van der Waals surface area contributed by atoms with E-state index in [0.717, 1.165) is 29.5 Å². The van der Waals surface area contributed by atoms with Crippen molar-refractivity contribution < 1.29 is 18.3 Å². The summed E-state index contributed by atoms with van der Waals surface area (Å²) < 4.78 is 34.5. The molecule has 0 radical (unpaired) electrons. The number of halogens is 2. The Morgan fingerprint density at radius 2 is 1.69 bits per heavy atom. The molecule has 6 heteroatoms. The van der Waals surface area contributed by atoms with Gasteiger partial charge in [-0.1, -0.05) is 12.1 Å². The van der Waals surface area contributed by atoms with Gasteiger partial charge in [-0.05, 0) is 86.9 Å². The van der Waals surface area contributed by atoms with Crippen LogP contribution in [0.5, 0.6) is 0 Å². The second kappa shape index (κ2) is 8.57. The van der Waals surface area contributed by atoms with Gasteiger partial charge in [-0.25, -0.2) is 13.6 Å². The zero-order chi connectivity index (χ0) is 23.0. The zero-order valence-electron chi connectivity index (χ0n) is 19.1. The summed E-state index contributed by atoms with van der Waals surface area (Å²) in [6.45, 7) is 6.98. The Balaban J connectivity index is 1.52. The topological polar surface area (TPSA) is 34.5 Å². The SMILES string of the molecule is Cn1cc(C2CCN(C(=O)OC(C)(C)C)CC2)c2cc(Cc3ccc(F)c(F)c3)ccc21. The van der Waals surface area contributed by atoms with E-state index in [2.05, 4.69) is 22.9 Å². The number of fused-ring (bicyclic) bond motifs is 1. The summed E-state index contributed by atoms with van der Waals surface area (Å²) in [6.07, 6.45) is 4.23. The van der Waals surface area contributed by atoms with Crippen LogP contribution in [0.25, 0.3) is 10.9 Å². The monoisotopic (exact) mass is 440 g/mol. The molecule has 1 saturated heterocycles. The number of rotatable bonds is 3. The van der Waals surface area contributed by atoms with E-state index in [1.165, 1.54) is 23.1 Å². The number of ether oxygens (including phenoxy) is 1. The van der Waals surface area contributed by atoms with Crippen molar-refractivity contribution in [2.24, 2.45) is 7.05 Å². The molecule has 0 atom stereocenters. The van der Waals surface area contributed by atoms with Gasteiger partial charge in [0.25, 0.3) is 0 Å². The summed E-state index contributed by atoms with van der Waals surface area (Å²) in [6, 6.07) is 10.4. The van der Waals surface area contributed by atoms with Crippen LogP contribution in [0.15, 0.2) is 42.6 Å². The van der Waals surface area contributed by atoms with Gasteiger partial charge in [-0.3, -0.25) is 0 Å². The van der Waals surface area contributed by atoms with Gasteiger partial charge in [-0.2, -0.15) is 0 Å². The molecular weight excluding hydrogens is 410 g/mol. The molecule has 2 aromatic carbocycles. The second-order valence-corrected chi connectivity index (χ2v) is 9.71. The maximum absolute atomic E-state index is 13.6. The Bertz CT molecular complexity index is 1140.